The van der Waals surface area contributed by atoms with Gasteiger partial charge in [0.2, 0.25) is 11.8 Å². The van der Waals surface area contributed by atoms with Crippen LogP contribution in [0.3, 0.4) is 0 Å². The van der Waals surface area contributed by atoms with E-state index in [4.69, 9.17) is 20.4 Å². The Morgan fingerprint density at radius 2 is 0.886 bits per heavy atom. The van der Waals surface area contributed by atoms with Crippen LogP contribution in [-0.2, 0) is 30.1 Å². The number of carboxylic acid groups (broad SMARTS) is 2. The molecule has 35 heavy (non-hydrogen) atoms. The van der Waals surface area contributed by atoms with E-state index in [0.717, 1.165) is 0 Å². The molecule has 0 aromatic rings. The summed E-state index contributed by atoms with van der Waals surface area (Å²) in [4.78, 5) is 42.8. The van der Waals surface area contributed by atoms with Gasteiger partial charge in [-0.3, -0.25) is 19.2 Å². The number of carbonyl (C=O) groups excluding carboxylic acids is 2. The molecule has 192 valence electrons. The summed E-state index contributed by atoms with van der Waals surface area (Å²) in [5.74, 6) is -3.39. The molecular weight excluding hydrogens is 556 g/mol. The monoisotopic (exact) mass is 590 g/mol. The molecule has 0 spiro atoms. The van der Waals surface area contributed by atoms with Crippen LogP contribution in [0.25, 0.3) is 0 Å². The zero-order valence-electron chi connectivity index (χ0n) is 20.7. The summed E-state index contributed by atoms with van der Waals surface area (Å²) in [6.07, 6.45) is -3.09. The van der Waals surface area contributed by atoms with Crippen molar-refractivity contribution in [3.8, 4) is 0 Å². The predicted octanol–water partition coefficient (Wildman–Crippen LogP) is -3.47. The van der Waals surface area contributed by atoms with Crippen LogP contribution in [0.1, 0.15) is 40.5 Å². The fraction of sp³-hybridized carbons (Fsp3) is 0.778. The first-order chi connectivity index (χ1) is 13.6. The van der Waals surface area contributed by atoms with Crippen molar-refractivity contribution < 1.29 is 60.8 Å². The maximum absolute atomic E-state index is 11.3. The summed E-state index contributed by atoms with van der Waals surface area (Å²) in [5, 5.41) is 57.9. The van der Waals surface area contributed by atoms with Crippen molar-refractivity contribution >= 4 is 137 Å². The average molecular weight is 591 g/mol. The maximum atomic E-state index is 11.3. The van der Waals surface area contributed by atoms with Crippen LogP contribution in [0, 0.1) is 10.8 Å². The fourth-order valence-corrected chi connectivity index (χ4v) is 1.66. The van der Waals surface area contributed by atoms with Crippen LogP contribution in [0.5, 0.6) is 0 Å². The minimum Gasteiger partial charge on any atom is -2.00 e. The molecule has 8 N–H and O–H groups in total. The molecule has 0 radical (unpaired) electrons. The van der Waals surface area contributed by atoms with Crippen molar-refractivity contribution in [3.63, 3.8) is 0 Å². The molecule has 0 rings (SSSR count). The molecule has 0 aliphatic rings. The van der Waals surface area contributed by atoms with Crippen molar-refractivity contribution in [2.75, 3.05) is 26.3 Å². The van der Waals surface area contributed by atoms with Gasteiger partial charge in [0, 0.05) is 23.9 Å². The Labute approximate surface area is 294 Å². The molecule has 2 amide bonds. The molecule has 2 unspecified atom stereocenters. The quantitative estimate of drug-likeness (QED) is 0.104. The Morgan fingerprint density at radius 3 is 1.06 bits per heavy atom. The number of carbonyl (C=O) groups is 4. The van der Waals surface area contributed by atoms with Gasteiger partial charge in [-0.2, -0.15) is 0 Å². The Kier molecular flexibility index (Phi) is 40.7. The number of hydrogen-bond acceptors (Lipinski definition) is 8. The van der Waals surface area contributed by atoms with E-state index < -0.39 is 46.8 Å². The van der Waals surface area contributed by atoms with Gasteiger partial charge in [0.1, 0.15) is 12.2 Å². The molecule has 14 nitrogen and oxygen atoms in total. The topological polar surface area (TPSA) is 271 Å². The number of rotatable bonds is 12. The van der Waals surface area contributed by atoms with E-state index in [1.807, 2.05) is 0 Å². The van der Waals surface area contributed by atoms with Crippen LogP contribution in [0.2, 0.25) is 0 Å². The minimum atomic E-state index is -1.35. The largest absolute Gasteiger partial charge is 2.00 e. The third kappa shape index (κ3) is 25.5. The van der Waals surface area contributed by atoms with Gasteiger partial charge in [-0.25, -0.2) is 0 Å². The minimum absolute atomic E-state index is 0. The predicted molar refractivity (Wildman–Crippen MR) is 123 cm³/mol. The average Bonchev–Trinajstić information content (AvgIpc) is 2.66. The molecular formula is C18H34Ca3N2O12+2. The molecule has 17 heteroatoms. The fourth-order valence-electron chi connectivity index (χ4n) is 1.66. The molecule has 0 saturated carbocycles. The summed E-state index contributed by atoms with van der Waals surface area (Å²) in [5.41, 5.74) is -1.87. The molecule has 0 bridgehead atoms. The van der Waals surface area contributed by atoms with Crippen molar-refractivity contribution in [1.29, 1.82) is 0 Å². The van der Waals surface area contributed by atoms with Crippen molar-refractivity contribution in [2.24, 2.45) is 10.8 Å². The normalized spacial score (nSPS) is 11.4. The summed E-state index contributed by atoms with van der Waals surface area (Å²) in [6, 6.07) is 0. The van der Waals surface area contributed by atoms with Crippen molar-refractivity contribution in [3.05, 3.63) is 0 Å². The molecule has 0 heterocycles. The number of carboxylic acids is 2. The molecule has 0 fully saturated rings. The second-order valence-electron chi connectivity index (χ2n) is 7.97. The molecule has 0 aliphatic carbocycles. The van der Waals surface area contributed by atoms with E-state index in [2.05, 4.69) is 10.6 Å². The third-order valence-corrected chi connectivity index (χ3v) is 4.07. The summed E-state index contributed by atoms with van der Waals surface area (Å²) >= 11 is 0. The van der Waals surface area contributed by atoms with Crippen molar-refractivity contribution in [1.82, 2.24) is 10.6 Å². The van der Waals surface area contributed by atoms with Gasteiger partial charge in [0.05, 0.1) is 26.1 Å². The number of nitrogens with one attached hydrogen (secondary N) is 2. The second kappa shape index (κ2) is 27.0. The van der Waals surface area contributed by atoms with E-state index in [-0.39, 0.29) is 163 Å². The second-order valence-corrected chi connectivity index (χ2v) is 7.97. The number of aliphatic hydroxyl groups excluding tert-OH is 4. The van der Waals surface area contributed by atoms with Crippen LogP contribution < -0.4 is 10.6 Å². The first-order valence-corrected chi connectivity index (χ1v) is 9.19. The summed E-state index contributed by atoms with van der Waals surface area (Å²) in [7, 11) is 0. The van der Waals surface area contributed by atoms with E-state index in [9.17, 15) is 29.4 Å². The van der Waals surface area contributed by atoms with E-state index in [0.29, 0.717) is 0 Å². The standard InChI is InChI=1S/2C9H17NO5.3Ca.2O/c2*1-9(2,5-11)7(14)8(15)10-4-3-6(12)13;;;;;/h2*7,11,14H,3-5H2,1-2H3,(H,10,15)(H,12,13);;;;;/q;;3*+2;2*-2. The summed E-state index contributed by atoms with van der Waals surface area (Å²) in [6.45, 7) is 5.41. The first-order valence-electron chi connectivity index (χ1n) is 9.19. The Morgan fingerprint density at radius 1 is 0.657 bits per heavy atom. The van der Waals surface area contributed by atoms with Gasteiger partial charge in [0.15, 0.2) is 0 Å². The van der Waals surface area contributed by atoms with Crippen LogP contribution in [0.15, 0.2) is 0 Å². The Bertz CT molecular complexity index is 545. The van der Waals surface area contributed by atoms with E-state index in [1.54, 1.807) is 0 Å². The maximum Gasteiger partial charge on any atom is 2.00 e. The molecule has 0 aromatic carbocycles. The van der Waals surface area contributed by atoms with Crippen molar-refractivity contribution in [2.45, 2.75) is 52.7 Å². The first kappa shape index (κ1) is 52.8. The number of aliphatic carboxylic acids is 2. The van der Waals surface area contributed by atoms with Crippen LogP contribution in [-0.4, -0.2) is 206 Å². The van der Waals surface area contributed by atoms with Gasteiger partial charge in [-0.15, -0.1) is 0 Å². The smallest absolute Gasteiger partial charge is 2.00 e. The zero-order chi connectivity index (χ0) is 24.1. The Hall–Kier alpha value is 1.42. The summed E-state index contributed by atoms with van der Waals surface area (Å²) < 4.78 is 0. The molecule has 0 saturated heterocycles. The number of amides is 2. The van der Waals surface area contributed by atoms with Gasteiger partial charge < -0.3 is 52.2 Å². The molecule has 0 aliphatic heterocycles. The third-order valence-electron chi connectivity index (χ3n) is 4.07. The van der Waals surface area contributed by atoms with Gasteiger partial charge in [-0.1, -0.05) is 27.7 Å². The number of hydrogen-bond donors (Lipinski definition) is 8. The Balaban J connectivity index is -0.0000000784. The van der Waals surface area contributed by atoms with E-state index in [1.165, 1.54) is 27.7 Å². The van der Waals surface area contributed by atoms with Gasteiger partial charge >= 0.3 is 125 Å². The molecule has 0 aromatic heterocycles. The number of aliphatic hydroxyl groups is 4. The van der Waals surface area contributed by atoms with Gasteiger partial charge in [-0.05, 0) is 0 Å². The van der Waals surface area contributed by atoms with Crippen LogP contribution >= 0.6 is 0 Å². The SMILES string of the molecule is CC(C)(CO)C(O)C(=O)NCCC(=O)O.CC(C)(CO)C(O)C(=O)NCCC(=O)O.[Ca+2].[Ca+2].[Ca+2].[O-2].[O-2]. The molecule has 2 atom stereocenters. The van der Waals surface area contributed by atoms with Crippen LogP contribution in [0.4, 0.5) is 0 Å². The zero-order valence-corrected chi connectivity index (χ0v) is 27.3. The van der Waals surface area contributed by atoms with E-state index >= 15 is 0 Å². The van der Waals surface area contributed by atoms with Gasteiger partial charge in [0.25, 0.3) is 0 Å².